The predicted molar refractivity (Wildman–Crippen MR) is 321 cm³/mol. The summed E-state index contributed by atoms with van der Waals surface area (Å²) in [5.41, 5.74) is 21.3. The number of fused-ring (bicyclic) bond motifs is 22. The molecule has 0 bridgehead atoms. The van der Waals surface area contributed by atoms with Crippen molar-refractivity contribution in [3.8, 4) is 61.3 Å². The molecule has 76 heavy (non-hydrogen) atoms. The van der Waals surface area contributed by atoms with Gasteiger partial charge in [-0.3, -0.25) is 0 Å². The second kappa shape index (κ2) is 15.6. The largest absolute Gasteiger partial charge is 0.309 e. The number of nitrogens with zero attached hydrogens (tertiary/aromatic N) is 1. The smallest absolute Gasteiger partial charge is 0.0737 e. The van der Waals surface area contributed by atoms with E-state index in [1.807, 2.05) is 0 Å². The van der Waals surface area contributed by atoms with Crippen molar-refractivity contribution in [1.82, 2.24) is 4.57 Å². The van der Waals surface area contributed by atoms with Gasteiger partial charge >= 0.3 is 0 Å². The lowest BCUT2D eigenvalue weighted by Gasteiger charge is -2.32. The van der Waals surface area contributed by atoms with Gasteiger partial charge in [0.1, 0.15) is 0 Å². The number of benzene rings is 14. The molecule has 0 aliphatic heterocycles. The molecule has 2 aliphatic carbocycles. The van der Waals surface area contributed by atoms with E-state index in [1.165, 1.54) is 159 Å². The summed E-state index contributed by atoms with van der Waals surface area (Å²) >= 11 is 0. The highest BCUT2D eigenvalue weighted by molar-refractivity contribution is 6.24. The number of para-hydroxylation sites is 2. The van der Waals surface area contributed by atoms with E-state index in [2.05, 4.69) is 278 Å². The standard InChI is InChI=1S/C75H45N/c1-2-19-51(20-3-1)76-68-33-17-14-25-56(68)65-45-50(40-43-69(65)76)71-60-29-10-8-27-58(60)70(59-28-9-11-30-61(59)71)48-36-34-46(35-37-48)49-39-41-62-64(44-49)53-22-6-7-26-57(53)72-63-42-38-47-18-4-5-21-52(47)73(63)75(74(62)72)66-31-15-12-23-54(66)55-24-13-16-32-67(55)75/h1-45H. The van der Waals surface area contributed by atoms with Crippen LogP contribution in [0.5, 0.6) is 0 Å². The highest BCUT2D eigenvalue weighted by Gasteiger charge is 2.53. The van der Waals surface area contributed by atoms with Gasteiger partial charge in [0.15, 0.2) is 0 Å². The lowest BCUT2D eigenvalue weighted by Crippen LogP contribution is -2.26. The minimum atomic E-state index is -0.499. The molecule has 0 saturated carbocycles. The zero-order chi connectivity index (χ0) is 49.6. The maximum absolute atomic E-state index is 2.47. The van der Waals surface area contributed by atoms with Gasteiger partial charge in [-0.25, -0.2) is 0 Å². The SMILES string of the molecule is c1ccc(-n2c3ccccc3c3cc(-c4c5ccccc5c(-c5ccc(-c6ccc7c8c(c9ccccc9c7c6)-c6ccc7ccccc7c6C86c7ccccc7-c7ccccc76)cc5)c5ccccc45)ccc32)cc1. The fraction of sp³-hybridized carbons (Fsp3) is 0.0133. The molecule has 0 unspecified atom stereocenters. The van der Waals surface area contributed by atoms with Crippen LogP contribution in [0.3, 0.4) is 0 Å². The van der Waals surface area contributed by atoms with Crippen LogP contribution in [0.1, 0.15) is 22.3 Å². The second-order valence-electron chi connectivity index (χ2n) is 20.9. The third kappa shape index (κ3) is 5.48. The van der Waals surface area contributed by atoms with Gasteiger partial charge in [0.2, 0.25) is 0 Å². The van der Waals surface area contributed by atoms with Crippen molar-refractivity contribution in [3.05, 3.63) is 295 Å². The Bertz CT molecular complexity index is 4870. The molecule has 0 fully saturated rings. The topological polar surface area (TPSA) is 4.93 Å². The molecule has 0 atom stereocenters. The first-order valence-electron chi connectivity index (χ1n) is 26.6. The Balaban J connectivity index is 0.842. The van der Waals surface area contributed by atoms with Gasteiger partial charge in [-0.15, -0.1) is 0 Å². The summed E-state index contributed by atoms with van der Waals surface area (Å²) in [5.74, 6) is 0. The third-order valence-corrected chi connectivity index (χ3v) is 17.3. The summed E-state index contributed by atoms with van der Waals surface area (Å²) in [6.45, 7) is 0. The maximum atomic E-state index is 2.47. The molecular formula is C75H45N. The van der Waals surface area contributed by atoms with E-state index in [4.69, 9.17) is 0 Å². The van der Waals surface area contributed by atoms with E-state index in [9.17, 15) is 0 Å². The van der Waals surface area contributed by atoms with Gasteiger partial charge in [-0.1, -0.05) is 237 Å². The number of hydrogen-bond donors (Lipinski definition) is 0. The van der Waals surface area contributed by atoms with E-state index in [0.717, 1.165) is 0 Å². The van der Waals surface area contributed by atoms with Crippen molar-refractivity contribution in [3.63, 3.8) is 0 Å². The summed E-state index contributed by atoms with van der Waals surface area (Å²) < 4.78 is 2.40. The second-order valence-corrected chi connectivity index (χ2v) is 20.9. The predicted octanol–water partition coefficient (Wildman–Crippen LogP) is 19.9. The Morgan fingerprint density at radius 2 is 0.724 bits per heavy atom. The zero-order valence-corrected chi connectivity index (χ0v) is 41.4. The fourth-order valence-electron chi connectivity index (χ4n) is 14.4. The van der Waals surface area contributed by atoms with Crippen molar-refractivity contribution in [2.24, 2.45) is 0 Å². The molecule has 0 radical (unpaired) electrons. The summed E-state index contributed by atoms with van der Waals surface area (Å²) in [7, 11) is 0. The van der Waals surface area contributed by atoms with Crippen LogP contribution in [0.25, 0.3) is 137 Å². The van der Waals surface area contributed by atoms with Crippen molar-refractivity contribution in [2.75, 3.05) is 0 Å². The average molecular weight is 960 g/mol. The van der Waals surface area contributed by atoms with Crippen LogP contribution in [-0.2, 0) is 5.41 Å². The van der Waals surface area contributed by atoms with Crippen LogP contribution >= 0.6 is 0 Å². The summed E-state index contributed by atoms with van der Waals surface area (Å²) in [5, 5.41) is 15.3. The zero-order valence-electron chi connectivity index (χ0n) is 41.4. The van der Waals surface area contributed by atoms with E-state index in [1.54, 1.807) is 0 Å². The lowest BCUT2D eigenvalue weighted by atomic mass is 9.68. The summed E-state index contributed by atoms with van der Waals surface area (Å²) in [6.07, 6.45) is 0. The lowest BCUT2D eigenvalue weighted by molar-refractivity contribution is 0.809. The monoisotopic (exact) mass is 959 g/mol. The quantitative estimate of drug-likeness (QED) is 0.122. The molecule has 1 nitrogen and oxygen atoms in total. The Kier molecular flexibility index (Phi) is 8.55. The highest BCUT2D eigenvalue weighted by Crippen LogP contribution is 2.66. The van der Waals surface area contributed by atoms with Crippen molar-refractivity contribution in [2.45, 2.75) is 5.41 Å². The average Bonchev–Trinajstić information content (AvgIpc) is 3.49. The van der Waals surface area contributed by atoms with Crippen LogP contribution < -0.4 is 0 Å². The molecular weight excluding hydrogens is 915 g/mol. The normalized spacial score (nSPS) is 13.1. The molecule has 1 spiro atoms. The first-order valence-corrected chi connectivity index (χ1v) is 26.6. The number of aromatic nitrogens is 1. The van der Waals surface area contributed by atoms with Crippen molar-refractivity contribution >= 4 is 75.7 Å². The first-order chi connectivity index (χ1) is 37.7. The molecule has 350 valence electrons. The Morgan fingerprint density at radius 3 is 1.41 bits per heavy atom. The van der Waals surface area contributed by atoms with E-state index in [0.29, 0.717) is 0 Å². The van der Waals surface area contributed by atoms with Gasteiger partial charge in [0, 0.05) is 16.5 Å². The van der Waals surface area contributed by atoms with Crippen molar-refractivity contribution in [1.29, 1.82) is 0 Å². The molecule has 2 aliphatic rings. The van der Waals surface area contributed by atoms with Gasteiger partial charge in [0.05, 0.1) is 16.4 Å². The van der Waals surface area contributed by atoms with E-state index in [-0.39, 0.29) is 0 Å². The maximum Gasteiger partial charge on any atom is 0.0737 e. The summed E-state index contributed by atoms with van der Waals surface area (Å²) in [4.78, 5) is 0. The van der Waals surface area contributed by atoms with Crippen LogP contribution in [0.2, 0.25) is 0 Å². The minimum Gasteiger partial charge on any atom is -0.309 e. The minimum absolute atomic E-state index is 0.499. The molecule has 14 aromatic carbocycles. The van der Waals surface area contributed by atoms with Crippen molar-refractivity contribution < 1.29 is 0 Å². The molecule has 0 saturated heterocycles. The van der Waals surface area contributed by atoms with Gasteiger partial charge in [-0.05, 0) is 168 Å². The fourth-order valence-corrected chi connectivity index (χ4v) is 14.4. The van der Waals surface area contributed by atoms with E-state index >= 15 is 0 Å². The first kappa shape index (κ1) is 41.6. The molecule has 0 amide bonds. The van der Waals surface area contributed by atoms with Crippen LogP contribution in [0.4, 0.5) is 0 Å². The molecule has 1 heteroatoms. The van der Waals surface area contributed by atoms with Crippen LogP contribution in [0, 0.1) is 0 Å². The number of rotatable bonds is 4. The third-order valence-electron chi connectivity index (χ3n) is 17.3. The van der Waals surface area contributed by atoms with Crippen LogP contribution in [-0.4, -0.2) is 4.57 Å². The molecule has 0 N–H and O–H groups in total. The molecule has 17 rings (SSSR count). The summed E-state index contributed by atoms with van der Waals surface area (Å²) in [6, 6.07) is 103. The Labute approximate surface area is 439 Å². The van der Waals surface area contributed by atoms with Crippen LogP contribution in [0.15, 0.2) is 273 Å². The van der Waals surface area contributed by atoms with Gasteiger partial charge in [0.25, 0.3) is 0 Å². The van der Waals surface area contributed by atoms with Gasteiger partial charge < -0.3 is 4.57 Å². The molecule has 1 heterocycles. The Morgan fingerprint density at radius 1 is 0.237 bits per heavy atom. The highest BCUT2D eigenvalue weighted by atomic mass is 15.0. The molecule has 1 aromatic heterocycles. The van der Waals surface area contributed by atoms with Gasteiger partial charge in [-0.2, -0.15) is 0 Å². The number of hydrogen-bond acceptors (Lipinski definition) is 0. The molecule has 15 aromatic rings. The van der Waals surface area contributed by atoms with E-state index < -0.39 is 5.41 Å². The Hall–Kier alpha value is -9.82.